The maximum absolute atomic E-state index is 5.19. The Morgan fingerprint density at radius 1 is 1.21 bits per heavy atom. The fourth-order valence-electron chi connectivity index (χ4n) is 3.34. The van der Waals surface area contributed by atoms with E-state index >= 15 is 0 Å². The molecule has 1 aromatic heterocycles. The summed E-state index contributed by atoms with van der Waals surface area (Å²) < 4.78 is 5.19. The van der Waals surface area contributed by atoms with Gasteiger partial charge in [-0.05, 0) is 49.2 Å². The standard InChI is InChI=1S/C21H24N6O/c1-3-22-21(27-13-12-15-6-4-5-7-18(15)27)23-14-19-24-20(26-25-19)16-8-10-17(28-2)11-9-16/h4-11H,3,12-14H2,1-2H3,(H,22,23)(H,24,25,26). The second-order valence-electron chi connectivity index (χ2n) is 6.53. The zero-order valence-electron chi connectivity index (χ0n) is 16.1. The Morgan fingerprint density at radius 3 is 2.82 bits per heavy atom. The Bertz CT molecular complexity index is 963. The first-order valence-electron chi connectivity index (χ1n) is 9.48. The predicted octanol–water partition coefficient (Wildman–Crippen LogP) is 3.01. The molecule has 0 aliphatic carbocycles. The minimum absolute atomic E-state index is 0.435. The number of nitrogens with one attached hydrogen (secondary N) is 2. The minimum atomic E-state index is 0.435. The van der Waals surface area contributed by atoms with Gasteiger partial charge in [-0.2, -0.15) is 5.10 Å². The zero-order chi connectivity index (χ0) is 19.3. The van der Waals surface area contributed by atoms with E-state index in [1.165, 1.54) is 11.3 Å². The number of hydrogen-bond acceptors (Lipinski definition) is 4. The fourth-order valence-corrected chi connectivity index (χ4v) is 3.34. The van der Waals surface area contributed by atoms with Crippen LogP contribution in [0.15, 0.2) is 53.5 Å². The summed E-state index contributed by atoms with van der Waals surface area (Å²) in [6.45, 7) is 4.25. The van der Waals surface area contributed by atoms with Crippen molar-refractivity contribution < 1.29 is 4.74 Å². The molecule has 0 fully saturated rings. The molecule has 2 aromatic carbocycles. The second-order valence-corrected chi connectivity index (χ2v) is 6.53. The van der Waals surface area contributed by atoms with E-state index in [1.54, 1.807) is 7.11 Å². The molecule has 0 radical (unpaired) electrons. The third kappa shape index (κ3) is 3.69. The molecule has 3 aromatic rings. The van der Waals surface area contributed by atoms with Crippen molar-refractivity contribution in [1.29, 1.82) is 0 Å². The number of para-hydroxylation sites is 1. The Balaban J connectivity index is 1.51. The van der Waals surface area contributed by atoms with Crippen LogP contribution in [0.1, 0.15) is 18.3 Å². The molecule has 2 heterocycles. The molecule has 144 valence electrons. The molecule has 1 aliphatic rings. The number of aliphatic imine (C=N–C) groups is 1. The lowest BCUT2D eigenvalue weighted by Gasteiger charge is -2.22. The number of methoxy groups -OCH3 is 1. The first-order chi connectivity index (χ1) is 13.8. The molecule has 7 nitrogen and oxygen atoms in total. The number of anilines is 1. The Labute approximate surface area is 164 Å². The molecule has 0 saturated carbocycles. The van der Waals surface area contributed by atoms with E-state index in [2.05, 4.69) is 56.6 Å². The van der Waals surface area contributed by atoms with E-state index in [-0.39, 0.29) is 0 Å². The summed E-state index contributed by atoms with van der Waals surface area (Å²) in [5, 5.41) is 10.7. The van der Waals surface area contributed by atoms with Crippen LogP contribution in [0.3, 0.4) is 0 Å². The topological polar surface area (TPSA) is 78.4 Å². The minimum Gasteiger partial charge on any atom is -0.497 e. The number of aromatic amines is 1. The third-order valence-corrected chi connectivity index (χ3v) is 4.74. The first kappa shape index (κ1) is 18.0. The lowest BCUT2D eigenvalue weighted by molar-refractivity contribution is 0.415. The Morgan fingerprint density at radius 2 is 2.04 bits per heavy atom. The number of guanidine groups is 1. The summed E-state index contributed by atoms with van der Waals surface area (Å²) in [5.41, 5.74) is 3.51. The van der Waals surface area contributed by atoms with Crippen LogP contribution in [-0.4, -0.2) is 41.3 Å². The van der Waals surface area contributed by atoms with Crippen molar-refractivity contribution in [2.45, 2.75) is 19.9 Å². The Hall–Kier alpha value is -3.35. The van der Waals surface area contributed by atoms with Crippen LogP contribution >= 0.6 is 0 Å². The van der Waals surface area contributed by atoms with Crippen LogP contribution in [-0.2, 0) is 13.0 Å². The van der Waals surface area contributed by atoms with Crippen molar-refractivity contribution in [2.75, 3.05) is 25.1 Å². The predicted molar refractivity (Wildman–Crippen MR) is 111 cm³/mol. The summed E-state index contributed by atoms with van der Waals surface area (Å²) in [6.07, 6.45) is 1.03. The highest BCUT2D eigenvalue weighted by molar-refractivity contribution is 5.97. The van der Waals surface area contributed by atoms with Crippen LogP contribution in [0.5, 0.6) is 5.75 Å². The largest absolute Gasteiger partial charge is 0.497 e. The number of ether oxygens (including phenoxy) is 1. The van der Waals surface area contributed by atoms with E-state index in [0.717, 1.165) is 42.6 Å². The highest BCUT2D eigenvalue weighted by Gasteiger charge is 2.22. The maximum atomic E-state index is 5.19. The van der Waals surface area contributed by atoms with Crippen molar-refractivity contribution in [1.82, 2.24) is 20.5 Å². The molecule has 1 aliphatic heterocycles. The lowest BCUT2D eigenvalue weighted by atomic mass is 10.2. The van der Waals surface area contributed by atoms with E-state index in [4.69, 9.17) is 9.73 Å². The summed E-state index contributed by atoms with van der Waals surface area (Å²) >= 11 is 0. The first-order valence-corrected chi connectivity index (χ1v) is 9.48. The van der Waals surface area contributed by atoms with E-state index in [1.807, 2.05) is 24.3 Å². The molecule has 0 unspecified atom stereocenters. The highest BCUT2D eigenvalue weighted by Crippen LogP contribution is 2.27. The van der Waals surface area contributed by atoms with Gasteiger partial charge >= 0.3 is 0 Å². The number of fused-ring (bicyclic) bond motifs is 1. The Kier molecular flexibility index (Phi) is 5.23. The van der Waals surface area contributed by atoms with Gasteiger partial charge < -0.3 is 15.0 Å². The van der Waals surface area contributed by atoms with Gasteiger partial charge in [0.05, 0.1) is 7.11 Å². The highest BCUT2D eigenvalue weighted by atomic mass is 16.5. The number of nitrogens with zero attached hydrogens (tertiary/aromatic N) is 4. The molecule has 4 rings (SSSR count). The van der Waals surface area contributed by atoms with Gasteiger partial charge in [-0.15, -0.1) is 0 Å². The van der Waals surface area contributed by atoms with E-state index < -0.39 is 0 Å². The van der Waals surface area contributed by atoms with Crippen LogP contribution in [0.2, 0.25) is 0 Å². The number of hydrogen-bond donors (Lipinski definition) is 2. The zero-order valence-corrected chi connectivity index (χ0v) is 16.1. The molecular weight excluding hydrogens is 352 g/mol. The molecule has 0 spiro atoms. The average molecular weight is 376 g/mol. The van der Waals surface area contributed by atoms with Gasteiger partial charge in [0.1, 0.15) is 18.1 Å². The van der Waals surface area contributed by atoms with Gasteiger partial charge in [-0.25, -0.2) is 9.98 Å². The number of aromatic nitrogens is 3. The summed E-state index contributed by atoms with van der Waals surface area (Å²) in [6, 6.07) is 16.2. The molecule has 0 amide bonds. The number of H-pyrrole nitrogens is 1. The lowest BCUT2D eigenvalue weighted by Crippen LogP contribution is -2.40. The molecular formula is C21H24N6O. The number of rotatable bonds is 5. The van der Waals surface area contributed by atoms with E-state index in [0.29, 0.717) is 12.4 Å². The van der Waals surface area contributed by atoms with Gasteiger partial charge in [-0.3, -0.25) is 5.10 Å². The van der Waals surface area contributed by atoms with Crippen LogP contribution < -0.4 is 15.0 Å². The van der Waals surface area contributed by atoms with Gasteiger partial charge in [0.2, 0.25) is 0 Å². The second kappa shape index (κ2) is 8.12. The molecule has 2 N–H and O–H groups in total. The molecule has 0 atom stereocenters. The molecule has 28 heavy (non-hydrogen) atoms. The molecule has 0 saturated heterocycles. The monoisotopic (exact) mass is 376 g/mol. The maximum Gasteiger partial charge on any atom is 0.198 e. The van der Waals surface area contributed by atoms with Crippen LogP contribution in [0.25, 0.3) is 11.4 Å². The van der Waals surface area contributed by atoms with Crippen molar-refractivity contribution in [3.8, 4) is 17.1 Å². The third-order valence-electron chi connectivity index (χ3n) is 4.74. The smallest absolute Gasteiger partial charge is 0.198 e. The van der Waals surface area contributed by atoms with Gasteiger partial charge in [0, 0.05) is 24.3 Å². The quantitative estimate of drug-likeness (QED) is 0.529. The summed E-state index contributed by atoms with van der Waals surface area (Å²) in [5.74, 6) is 3.07. The van der Waals surface area contributed by atoms with Crippen molar-refractivity contribution >= 4 is 11.6 Å². The van der Waals surface area contributed by atoms with Gasteiger partial charge in [0.25, 0.3) is 0 Å². The van der Waals surface area contributed by atoms with Crippen molar-refractivity contribution in [3.05, 3.63) is 59.9 Å². The van der Waals surface area contributed by atoms with Gasteiger partial charge in [-0.1, -0.05) is 18.2 Å². The number of benzene rings is 2. The van der Waals surface area contributed by atoms with Crippen LogP contribution in [0, 0.1) is 0 Å². The van der Waals surface area contributed by atoms with Crippen LogP contribution in [0.4, 0.5) is 5.69 Å². The fraction of sp³-hybridized carbons (Fsp3) is 0.286. The molecule has 7 heteroatoms. The molecule has 0 bridgehead atoms. The average Bonchev–Trinajstić information content (AvgIpc) is 3.38. The summed E-state index contributed by atoms with van der Waals surface area (Å²) in [4.78, 5) is 11.6. The van der Waals surface area contributed by atoms with Gasteiger partial charge in [0.15, 0.2) is 11.8 Å². The SMILES string of the molecule is CCNC(=NCc1nc(-c2ccc(OC)cc2)n[nH]1)N1CCc2ccccc21. The normalized spacial score (nSPS) is 13.5. The van der Waals surface area contributed by atoms with Crippen molar-refractivity contribution in [3.63, 3.8) is 0 Å². The van der Waals surface area contributed by atoms with E-state index in [9.17, 15) is 0 Å². The summed E-state index contributed by atoms with van der Waals surface area (Å²) in [7, 11) is 1.65. The van der Waals surface area contributed by atoms with Crippen molar-refractivity contribution in [2.24, 2.45) is 4.99 Å².